The zero-order valence-electron chi connectivity index (χ0n) is 12.9. The molecule has 21 heavy (non-hydrogen) atoms. The van der Waals surface area contributed by atoms with E-state index in [9.17, 15) is 0 Å². The number of anilines is 3. The van der Waals surface area contributed by atoms with Gasteiger partial charge in [-0.05, 0) is 29.9 Å². The Morgan fingerprint density at radius 2 is 1.86 bits per heavy atom. The summed E-state index contributed by atoms with van der Waals surface area (Å²) in [5.41, 5.74) is 8.32. The number of nitrogen functional groups attached to an aromatic ring is 1. The molecule has 0 radical (unpaired) electrons. The first-order valence-electron chi connectivity index (χ1n) is 7.44. The van der Waals surface area contributed by atoms with Crippen molar-refractivity contribution in [2.24, 2.45) is 0 Å². The molecule has 1 saturated carbocycles. The molecule has 4 nitrogen and oxygen atoms in total. The number of hydrogen-bond acceptors (Lipinski definition) is 4. The van der Waals surface area contributed by atoms with E-state index >= 15 is 0 Å². The summed E-state index contributed by atoms with van der Waals surface area (Å²) in [6, 6.07) is 10.1. The molecule has 3 N–H and O–H groups in total. The van der Waals surface area contributed by atoms with Gasteiger partial charge >= 0.3 is 0 Å². The zero-order valence-corrected chi connectivity index (χ0v) is 12.9. The molecule has 1 aromatic heterocycles. The number of nitrogens with two attached hydrogens (primary N) is 1. The van der Waals surface area contributed by atoms with Crippen LogP contribution in [0, 0.1) is 0 Å². The van der Waals surface area contributed by atoms with Crippen molar-refractivity contribution in [1.82, 2.24) is 9.97 Å². The number of nitrogens with one attached hydrogen (secondary N) is 1. The van der Waals surface area contributed by atoms with Crippen LogP contribution in [-0.4, -0.2) is 9.97 Å². The predicted octanol–water partition coefficient (Wildman–Crippen LogP) is 3.98. The van der Waals surface area contributed by atoms with Crippen LogP contribution in [0.5, 0.6) is 0 Å². The Labute approximate surface area is 125 Å². The number of rotatable bonds is 3. The molecule has 0 unspecified atom stereocenters. The maximum absolute atomic E-state index is 5.91. The van der Waals surface area contributed by atoms with Gasteiger partial charge in [-0.25, -0.2) is 9.97 Å². The molecule has 3 rings (SSSR count). The smallest absolute Gasteiger partial charge is 0.136 e. The van der Waals surface area contributed by atoms with Crippen LogP contribution in [0.2, 0.25) is 0 Å². The minimum absolute atomic E-state index is 0.0709. The van der Waals surface area contributed by atoms with E-state index in [0.717, 1.165) is 17.3 Å². The lowest BCUT2D eigenvalue weighted by molar-refractivity contribution is 0.592. The van der Waals surface area contributed by atoms with Gasteiger partial charge in [0.1, 0.15) is 17.5 Å². The molecule has 1 heterocycles. The van der Waals surface area contributed by atoms with Crippen LogP contribution < -0.4 is 11.1 Å². The topological polar surface area (TPSA) is 63.8 Å². The minimum Gasteiger partial charge on any atom is -0.384 e. The summed E-state index contributed by atoms with van der Waals surface area (Å²) >= 11 is 0. The first kappa shape index (κ1) is 13.9. The molecule has 0 atom stereocenters. The van der Waals surface area contributed by atoms with Crippen molar-refractivity contribution in [3.63, 3.8) is 0 Å². The standard InChI is InChI=1S/C17H22N4/c1-17(2,3)12-6-4-5-7-13(12)19-15-10-14(18)20-16(21-15)11-8-9-11/h4-7,10-11H,8-9H2,1-3H3,(H3,18,19,20,21). The fourth-order valence-corrected chi connectivity index (χ4v) is 2.46. The van der Waals surface area contributed by atoms with E-state index in [-0.39, 0.29) is 5.41 Å². The molecule has 4 heteroatoms. The van der Waals surface area contributed by atoms with E-state index < -0.39 is 0 Å². The summed E-state index contributed by atoms with van der Waals surface area (Å²) in [7, 11) is 0. The average molecular weight is 282 g/mol. The third-order valence-corrected chi connectivity index (χ3v) is 3.70. The van der Waals surface area contributed by atoms with Crippen LogP contribution in [0.1, 0.15) is 50.9 Å². The lowest BCUT2D eigenvalue weighted by Gasteiger charge is -2.23. The first-order valence-corrected chi connectivity index (χ1v) is 7.44. The highest BCUT2D eigenvalue weighted by Gasteiger charge is 2.27. The van der Waals surface area contributed by atoms with Crippen LogP contribution in [0.15, 0.2) is 30.3 Å². The molecule has 1 aromatic carbocycles. The second kappa shape index (κ2) is 5.02. The van der Waals surface area contributed by atoms with Gasteiger partial charge in [-0.15, -0.1) is 0 Å². The molecule has 2 aromatic rings. The van der Waals surface area contributed by atoms with Gasteiger partial charge in [0.15, 0.2) is 0 Å². The Bertz CT molecular complexity index is 654. The van der Waals surface area contributed by atoms with Crippen molar-refractivity contribution < 1.29 is 0 Å². The molecule has 0 spiro atoms. The molecule has 0 saturated heterocycles. The van der Waals surface area contributed by atoms with Crippen molar-refractivity contribution in [3.8, 4) is 0 Å². The summed E-state index contributed by atoms with van der Waals surface area (Å²) < 4.78 is 0. The van der Waals surface area contributed by atoms with Gasteiger partial charge in [-0.1, -0.05) is 39.0 Å². The molecule has 0 amide bonds. The lowest BCUT2D eigenvalue weighted by Crippen LogP contribution is -2.14. The number of benzene rings is 1. The van der Waals surface area contributed by atoms with Crippen molar-refractivity contribution >= 4 is 17.3 Å². The fourth-order valence-electron chi connectivity index (χ4n) is 2.46. The maximum Gasteiger partial charge on any atom is 0.136 e. The van der Waals surface area contributed by atoms with Gasteiger partial charge in [0, 0.05) is 17.7 Å². The monoisotopic (exact) mass is 282 g/mol. The zero-order chi connectivity index (χ0) is 15.0. The third-order valence-electron chi connectivity index (χ3n) is 3.70. The Kier molecular flexibility index (Phi) is 3.32. The number of para-hydroxylation sites is 1. The molecule has 1 fully saturated rings. The maximum atomic E-state index is 5.91. The van der Waals surface area contributed by atoms with Crippen molar-refractivity contribution in [1.29, 1.82) is 0 Å². The van der Waals surface area contributed by atoms with E-state index in [0.29, 0.717) is 11.7 Å². The van der Waals surface area contributed by atoms with Crippen LogP contribution in [0.4, 0.5) is 17.3 Å². The number of nitrogens with zero attached hydrogens (tertiary/aromatic N) is 2. The van der Waals surface area contributed by atoms with Gasteiger partial charge in [-0.2, -0.15) is 0 Å². The predicted molar refractivity (Wildman–Crippen MR) is 86.8 cm³/mol. The quantitative estimate of drug-likeness (QED) is 0.893. The van der Waals surface area contributed by atoms with Gasteiger partial charge in [0.25, 0.3) is 0 Å². The molecule has 0 bridgehead atoms. The Morgan fingerprint density at radius 1 is 1.14 bits per heavy atom. The molecular weight excluding hydrogens is 260 g/mol. The van der Waals surface area contributed by atoms with Crippen molar-refractivity contribution in [2.45, 2.75) is 44.9 Å². The van der Waals surface area contributed by atoms with Crippen molar-refractivity contribution in [2.75, 3.05) is 11.1 Å². The third kappa shape index (κ3) is 3.15. The van der Waals surface area contributed by atoms with E-state index in [1.165, 1.54) is 18.4 Å². The highest BCUT2D eigenvalue weighted by molar-refractivity contribution is 5.63. The van der Waals surface area contributed by atoms with Gasteiger partial charge in [-0.3, -0.25) is 0 Å². The molecule has 110 valence electrons. The van der Waals surface area contributed by atoms with Gasteiger partial charge in [0.2, 0.25) is 0 Å². The van der Waals surface area contributed by atoms with E-state index in [1.54, 1.807) is 6.07 Å². The largest absolute Gasteiger partial charge is 0.384 e. The summed E-state index contributed by atoms with van der Waals surface area (Å²) in [5.74, 6) is 2.67. The fraction of sp³-hybridized carbons (Fsp3) is 0.412. The Morgan fingerprint density at radius 3 is 2.52 bits per heavy atom. The van der Waals surface area contributed by atoms with E-state index in [4.69, 9.17) is 5.73 Å². The second-order valence-electron chi connectivity index (χ2n) is 6.73. The average Bonchev–Trinajstić information content (AvgIpc) is 3.21. The number of aromatic nitrogens is 2. The molecule has 0 aliphatic heterocycles. The van der Waals surface area contributed by atoms with Crippen LogP contribution in [0.3, 0.4) is 0 Å². The summed E-state index contributed by atoms with van der Waals surface area (Å²) in [6.07, 6.45) is 2.34. The molecular formula is C17H22N4. The van der Waals surface area contributed by atoms with E-state index in [1.807, 2.05) is 6.07 Å². The van der Waals surface area contributed by atoms with Gasteiger partial charge in [0.05, 0.1) is 0 Å². The summed E-state index contributed by atoms with van der Waals surface area (Å²) in [5, 5.41) is 3.41. The van der Waals surface area contributed by atoms with Crippen LogP contribution >= 0.6 is 0 Å². The molecule has 1 aliphatic carbocycles. The highest BCUT2D eigenvalue weighted by atomic mass is 15.1. The Balaban J connectivity index is 1.94. The summed E-state index contributed by atoms with van der Waals surface area (Å²) in [6.45, 7) is 6.62. The minimum atomic E-state index is 0.0709. The second-order valence-corrected chi connectivity index (χ2v) is 6.73. The molecule has 1 aliphatic rings. The highest BCUT2D eigenvalue weighted by Crippen LogP contribution is 2.39. The van der Waals surface area contributed by atoms with E-state index in [2.05, 4.69) is 54.3 Å². The lowest BCUT2D eigenvalue weighted by atomic mass is 9.86. The number of hydrogen-bond donors (Lipinski definition) is 2. The summed E-state index contributed by atoms with van der Waals surface area (Å²) in [4.78, 5) is 8.95. The first-order chi connectivity index (χ1) is 9.93. The van der Waals surface area contributed by atoms with Crippen molar-refractivity contribution in [3.05, 3.63) is 41.7 Å². The normalized spacial score (nSPS) is 15.0. The van der Waals surface area contributed by atoms with Gasteiger partial charge < -0.3 is 11.1 Å². The SMILES string of the molecule is CC(C)(C)c1ccccc1Nc1cc(N)nc(C2CC2)n1. The van der Waals surface area contributed by atoms with Crippen LogP contribution in [-0.2, 0) is 5.41 Å². The van der Waals surface area contributed by atoms with Crippen LogP contribution in [0.25, 0.3) is 0 Å². The Hall–Kier alpha value is -2.10.